The van der Waals surface area contributed by atoms with Crippen LogP contribution in [0.3, 0.4) is 0 Å². The molecule has 2 rings (SSSR count). The second-order valence-electron chi connectivity index (χ2n) is 4.91. The van der Waals surface area contributed by atoms with E-state index in [1.54, 1.807) is 13.2 Å². The molecule has 1 aliphatic carbocycles. The van der Waals surface area contributed by atoms with Crippen LogP contribution < -0.4 is 4.74 Å². The highest BCUT2D eigenvalue weighted by Gasteiger charge is 2.52. The molecule has 0 unspecified atom stereocenters. The number of methoxy groups -OCH3 is 1. The van der Waals surface area contributed by atoms with E-state index in [9.17, 15) is 19.8 Å². The lowest BCUT2D eigenvalue weighted by Crippen LogP contribution is -2.36. The topological polar surface area (TPSA) is 83.8 Å². The summed E-state index contributed by atoms with van der Waals surface area (Å²) in [5, 5.41) is 18.4. The molecule has 102 valence electrons. The molecule has 0 bridgehead atoms. The number of hydrogen-bond acceptors (Lipinski definition) is 3. The summed E-state index contributed by atoms with van der Waals surface area (Å²) in [4.78, 5) is 22.5. The first-order chi connectivity index (χ1) is 8.99. The number of rotatable bonds is 4. The first-order valence-electron chi connectivity index (χ1n) is 6.10. The summed E-state index contributed by atoms with van der Waals surface area (Å²) in [5.74, 6) is -1.85. The van der Waals surface area contributed by atoms with Gasteiger partial charge in [0, 0.05) is 0 Å². The fourth-order valence-electron chi connectivity index (χ4n) is 2.71. The molecule has 0 aliphatic heterocycles. The molecule has 0 saturated heterocycles. The molecular formula is C14H16O5. The molecular weight excluding hydrogens is 248 g/mol. The van der Waals surface area contributed by atoms with E-state index in [1.165, 1.54) is 0 Å². The molecule has 5 heteroatoms. The van der Waals surface area contributed by atoms with Crippen molar-refractivity contribution in [3.8, 4) is 5.75 Å². The molecule has 1 aromatic carbocycles. The van der Waals surface area contributed by atoms with E-state index >= 15 is 0 Å². The Bertz CT molecular complexity index is 494. The average molecular weight is 264 g/mol. The van der Waals surface area contributed by atoms with Gasteiger partial charge in [-0.2, -0.15) is 0 Å². The van der Waals surface area contributed by atoms with E-state index in [4.69, 9.17) is 4.74 Å². The van der Waals surface area contributed by atoms with Gasteiger partial charge in [-0.25, -0.2) is 0 Å². The fourth-order valence-corrected chi connectivity index (χ4v) is 2.71. The lowest BCUT2D eigenvalue weighted by molar-refractivity contribution is -0.164. The molecule has 1 aliphatic rings. The van der Waals surface area contributed by atoms with Crippen LogP contribution in [-0.4, -0.2) is 29.3 Å². The summed E-state index contributed by atoms with van der Waals surface area (Å²) < 4.78 is 5.13. The van der Waals surface area contributed by atoms with Crippen molar-refractivity contribution in [1.29, 1.82) is 0 Å². The van der Waals surface area contributed by atoms with Gasteiger partial charge in [0.15, 0.2) is 5.41 Å². The third-order valence-corrected chi connectivity index (χ3v) is 3.90. The van der Waals surface area contributed by atoms with E-state index in [-0.39, 0.29) is 18.8 Å². The largest absolute Gasteiger partial charge is 0.497 e. The van der Waals surface area contributed by atoms with Crippen molar-refractivity contribution in [2.24, 2.45) is 5.41 Å². The van der Waals surface area contributed by atoms with Crippen molar-refractivity contribution >= 4 is 11.9 Å². The molecule has 2 N–H and O–H groups in total. The lowest BCUT2D eigenvalue weighted by atomic mass is 9.84. The number of aliphatic carboxylic acids is 2. The summed E-state index contributed by atoms with van der Waals surface area (Å²) in [6.45, 7) is 0. The van der Waals surface area contributed by atoms with Crippen molar-refractivity contribution in [2.75, 3.05) is 7.11 Å². The Kier molecular flexibility index (Phi) is 3.46. The van der Waals surface area contributed by atoms with Crippen LogP contribution in [0.15, 0.2) is 24.3 Å². The normalized spacial score (nSPS) is 21.0. The molecule has 0 amide bonds. The molecule has 1 saturated carbocycles. The average Bonchev–Trinajstić information content (AvgIpc) is 2.85. The molecule has 1 atom stereocenters. The predicted octanol–water partition coefficient (Wildman–Crippen LogP) is 2.12. The number of benzene rings is 1. The van der Waals surface area contributed by atoms with Gasteiger partial charge >= 0.3 is 11.9 Å². The molecule has 0 aromatic heterocycles. The minimum absolute atomic E-state index is 0.0534. The second kappa shape index (κ2) is 4.91. The van der Waals surface area contributed by atoms with E-state index in [2.05, 4.69) is 0 Å². The predicted molar refractivity (Wildman–Crippen MR) is 67.3 cm³/mol. The summed E-state index contributed by atoms with van der Waals surface area (Å²) in [6, 6.07) is 7.35. The molecule has 0 spiro atoms. The van der Waals surface area contributed by atoms with Gasteiger partial charge in [-0.15, -0.1) is 0 Å². The smallest absolute Gasteiger partial charge is 0.321 e. The Labute approximate surface area is 110 Å². The maximum absolute atomic E-state index is 11.3. The lowest BCUT2D eigenvalue weighted by Gasteiger charge is -2.19. The van der Waals surface area contributed by atoms with Crippen molar-refractivity contribution in [3.63, 3.8) is 0 Å². The molecule has 1 aromatic rings. The number of ether oxygens (including phenoxy) is 1. The standard InChI is InChI=1S/C14H16O5/c1-19-11-4-2-3-9(7-11)10-5-6-14(8-10,12(15)16)13(17)18/h2-4,7,10H,5-6,8H2,1H3,(H,15,16)(H,17,18)/t10-/m0/s1. The van der Waals surface area contributed by atoms with Gasteiger partial charge < -0.3 is 14.9 Å². The highest BCUT2D eigenvalue weighted by atomic mass is 16.5. The highest BCUT2D eigenvalue weighted by molar-refractivity contribution is 5.98. The van der Waals surface area contributed by atoms with Gasteiger partial charge in [0.1, 0.15) is 5.75 Å². The summed E-state index contributed by atoms with van der Waals surface area (Å²) >= 11 is 0. The van der Waals surface area contributed by atoms with E-state index < -0.39 is 17.4 Å². The maximum Gasteiger partial charge on any atom is 0.321 e. The van der Waals surface area contributed by atoms with Crippen LogP contribution in [0.5, 0.6) is 5.75 Å². The maximum atomic E-state index is 11.3. The van der Waals surface area contributed by atoms with Crippen LogP contribution in [0.25, 0.3) is 0 Å². The number of carboxylic acid groups (broad SMARTS) is 2. The van der Waals surface area contributed by atoms with E-state index in [0.717, 1.165) is 5.56 Å². The Morgan fingerprint density at radius 1 is 1.32 bits per heavy atom. The highest BCUT2D eigenvalue weighted by Crippen LogP contribution is 2.47. The molecule has 0 heterocycles. The zero-order valence-electron chi connectivity index (χ0n) is 10.6. The van der Waals surface area contributed by atoms with Gasteiger partial charge in [0.25, 0.3) is 0 Å². The number of carbonyl (C=O) groups is 2. The zero-order chi connectivity index (χ0) is 14.0. The molecule has 1 fully saturated rings. The monoisotopic (exact) mass is 264 g/mol. The minimum Gasteiger partial charge on any atom is -0.497 e. The Morgan fingerprint density at radius 2 is 2.00 bits per heavy atom. The molecule has 0 radical (unpaired) electrons. The van der Waals surface area contributed by atoms with Crippen molar-refractivity contribution in [3.05, 3.63) is 29.8 Å². The van der Waals surface area contributed by atoms with Gasteiger partial charge in [0.05, 0.1) is 7.11 Å². The van der Waals surface area contributed by atoms with Crippen molar-refractivity contribution in [2.45, 2.75) is 25.2 Å². The van der Waals surface area contributed by atoms with Gasteiger partial charge in [-0.1, -0.05) is 12.1 Å². The second-order valence-corrected chi connectivity index (χ2v) is 4.91. The van der Waals surface area contributed by atoms with E-state index in [0.29, 0.717) is 12.2 Å². The Morgan fingerprint density at radius 3 is 2.53 bits per heavy atom. The van der Waals surface area contributed by atoms with Crippen molar-refractivity contribution in [1.82, 2.24) is 0 Å². The van der Waals surface area contributed by atoms with Crippen LogP contribution in [0.2, 0.25) is 0 Å². The van der Waals surface area contributed by atoms with Gasteiger partial charge in [-0.05, 0) is 42.9 Å². The zero-order valence-corrected chi connectivity index (χ0v) is 10.6. The van der Waals surface area contributed by atoms with Crippen LogP contribution in [-0.2, 0) is 9.59 Å². The van der Waals surface area contributed by atoms with Gasteiger partial charge in [0.2, 0.25) is 0 Å². The van der Waals surface area contributed by atoms with Crippen LogP contribution in [0.1, 0.15) is 30.7 Å². The number of hydrogen-bond donors (Lipinski definition) is 2. The minimum atomic E-state index is -1.65. The molecule has 19 heavy (non-hydrogen) atoms. The summed E-state index contributed by atoms with van der Waals surface area (Å²) in [6.07, 6.45) is 0.857. The first kappa shape index (κ1) is 13.4. The fraction of sp³-hybridized carbons (Fsp3) is 0.429. The number of carboxylic acids is 2. The quantitative estimate of drug-likeness (QED) is 0.814. The Hall–Kier alpha value is -2.04. The van der Waals surface area contributed by atoms with Crippen molar-refractivity contribution < 1.29 is 24.5 Å². The SMILES string of the molecule is COc1cccc([C@H]2CCC(C(=O)O)(C(=O)O)C2)c1. The van der Waals surface area contributed by atoms with Crippen LogP contribution in [0.4, 0.5) is 0 Å². The first-order valence-corrected chi connectivity index (χ1v) is 6.10. The van der Waals surface area contributed by atoms with Crippen LogP contribution in [0, 0.1) is 5.41 Å². The van der Waals surface area contributed by atoms with Gasteiger partial charge in [-0.3, -0.25) is 9.59 Å². The van der Waals surface area contributed by atoms with Crippen LogP contribution >= 0.6 is 0 Å². The van der Waals surface area contributed by atoms with E-state index in [1.807, 2.05) is 18.2 Å². The third kappa shape index (κ3) is 2.28. The summed E-state index contributed by atoms with van der Waals surface area (Å²) in [5.41, 5.74) is -0.711. The summed E-state index contributed by atoms with van der Waals surface area (Å²) in [7, 11) is 1.56. The third-order valence-electron chi connectivity index (χ3n) is 3.90. The Balaban J connectivity index is 2.26. The molecule has 5 nitrogen and oxygen atoms in total.